The molecule has 0 aliphatic heterocycles. The van der Waals surface area contributed by atoms with E-state index in [0.29, 0.717) is 11.3 Å². The summed E-state index contributed by atoms with van der Waals surface area (Å²) in [7, 11) is 0. The van der Waals surface area contributed by atoms with Gasteiger partial charge in [0.1, 0.15) is 17.6 Å². The van der Waals surface area contributed by atoms with Gasteiger partial charge in [-0.25, -0.2) is 4.39 Å². The average molecular weight is 263 g/mol. The number of hydrogen-bond donors (Lipinski definition) is 1. The lowest BCUT2D eigenvalue weighted by Gasteiger charge is -2.09. The Labute approximate surface area is 108 Å². The van der Waals surface area contributed by atoms with E-state index in [-0.39, 0.29) is 16.5 Å². The van der Waals surface area contributed by atoms with Crippen LogP contribution in [0.25, 0.3) is 0 Å². The molecule has 0 bridgehead atoms. The van der Waals surface area contributed by atoms with Crippen molar-refractivity contribution in [2.75, 3.05) is 5.73 Å². The highest BCUT2D eigenvalue weighted by atomic mass is 35.5. The van der Waals surface area contributed by atoms with E-state index in [9.17, 15) is 4.39 Å². The number of rotatable bonds is 2. The Morgan fingerprint density at radius 1 is 1.28 bits per heavy atom. The first-order valence-corrected chi connectivity index (χ1v) is 5.41. The van der Waals surface area contributed by atoms with E-state index in [4.69, 9.17) is 27.3 Å². The van der Waals surface area contributed by atoms with Crippen molar-refractivity contribution in [2.45, 2.75) is 0 Å². The van der Waals surface area contributed by atoms with Gasteiger partial charge >= 0.3 is 0 Å². The largest absolute Gasteiger partial charge is 0.455 e. The molecule has 90 valence electrons. The smallest absolute Gasteiger partial charge is 0.151 e. The number of nitrogen functional groups attached to an aromatic ring is 1. The Morgan fingerprint density at radius 2 is 2.06 bits per heavy atom. The van der Waals surface area contributed by atoms with Crippen LogP contribution in [-0.2, 0) is 0 Å². The van der Waals surface area contributed by atoms with Gasteiger partial charge in [0, 0.05) is 6.07 Å². The second-order valence-corrected chi connectivity index (χ2v) is 3.91. The number of nitrogens with two attached hydrogens (primary N) is 1. The van der Waals surface area contributed by atoms with E-state index in [1.165, 1.54) is 12.1 Å². The van der Waals surface area contributed by atoms with Gasteiger partial charge in [-0.1, -0.05) is 17.7 Å². The predicted molar refractivity (Wildman–Crippen MR) is 67.1 cm³/mol. The summed E-state index contributed by atoms with van der Waals surface area (Å²) in [5.41, 5.74) is 6.27. The normalized spacial score (nSPS) is 9.83. The first-order chi connectivity index (χ1) is 8.61. The number of benzene rings is 2. The van der Waals surface area contributed by atoms with Crippen LogP contribution in [0, 0.1) is 17.1 Å². The molecule has 0 spiro atoms. The molecule has 0 atom stereocenters. The molecule has 2 aromatic carbocycles. The molecule has 5 heteroatoms. The quantitative estimate of drug-likeness (QED) is 0.839. The molecule has 0 amide bonds. The zero-order valence-electron chi connectivity index (χ0n) is 9.15. The third kappa shape index (κ3) is 2.36. The van der Waals surface area contributed by atoms with Crippen LogP contribution in [0.5, 0.6) is 11.5 Å². The van der Waals surface area contributed by atoms with Gasteiger partial charge in [0.15, 0.2) is 5.75 Å². The van der Waals surface area contributed by atoms with Crippen LogP contribution in [-0.4, -0.2) is 0 Å². The highest BCUT2D eigenvalue weighted by Gasteiger charge is 2.08. The Morgan fingerprint density at radius 3 is 2.72 bits per heavy atom. The van der Waals surface area contributed by atoms with E-state index in [1.807, 2.05) is 6.07 Å². The maximum Gasteiger partial charge on any atom is 0.151 e. The molecule has 0 aromatic heterocycles. The van der Waals surface area contributed by atoms with E-state index in [0.717, 1.165) is 6.07 Å². The zero-order chi connectivity index (χ0) is 13.1. The maximum absolute atomic E-state index is 13.2. The van der Waals surface area contributed by atoms with Gasteiger partial charge in [0.05, 0.1) is 16.3 Å². The molecule has 0 saturated heterocycles. The summed E-state index contributed by atoms with van der Waals surface area (Å²) in [6.07, 6.45) is 0. The summed E-state index contributed by atoms with van der Waals surface area (Å²) in [6, 6.07) is 10.8. The van der Waals surface area contributed by atoms with E-state index >= 15 is 0 Å². The topological polar surface area (TPSA) is 59.0 Å². The van der Waals surface area contributed by atoms with Gasteiger partial charge in [-0.2, -0.15) is 5.26 Å². The molecule has 0 aliphatic rings. The molecular weight excluding hydrogens is 255 g/mol. The van der Waals surface area contributed by atoms with Gasteiger partial charge < -0.3 is 10.5 Å². The molecule has 0 heterocycles. The van der Waals surface area contributed by atoms with Crippen molar-refractivity contribution in [3.05, 3.63) is 52.8 Å². The fraction of sp³-hybridized carbons (Fsp3) is 0. The average Bonchev–Trinajstić information content (AvgIpc) is 2.36. The van der Waals surface area contributed by atoms with Gasteiger partial charge in [-0.15, -0.1) is 0 Å². The molecule has 2 N–H and O–H groups in total. The number of para-hydroxylation sites is 1. The molecule has 3 nitrogen and oxygen atoms in total. The lowest BCUT2D eigenvalue weighted by molar-refractivity contribution is 0.479. The number of halogens is 2. The standard InChI is InChI=1S/C13H8ClFN2O/c14-10-5-4-9(6-11(10)15)18-12-3-1-2-8(7-16)13(12)17/h1-6H,17H2. The maximum atomic E-state index is 13.2. The molecule has 0 unspecified atom stereocenters. The van der Waals surface area contributed by atoms with Gasteiger partial charge in [-0.3, -0.25) is 0 Å². The highest BCUT2D eigenvalue weighted by Crippen LogP contribution is 2.31. The minimum Gasteiger partial charge on any atom is -0.455 e. The lowest BCUT2D eigenvalue weighted by Crippen LogP contribution is -1.95. The molecule has 0 fully saturated rings. The summed E-state index contributed by atoms with van der Waals surface area (Å²) in [4.78, 5) is 0. The predicted octanol–water partition coefficient (Wildman–Crippen LogP) is 3.73. The summed E-state index contributed by atoms with van der Waals surface area (Å²) in [5.74, 6) is -0.0151. The highest BCUT2D eigenvalue weighted by molar-refractivity contribution is 6.30. The van der Waals surface area contributed by atoms with Crippen LogP contribution in [0.15, 0.2) is 36.4 Å². The minimum atomic E-state index is -0.579. The molecule has 0 radical (unpaired) electrons. The molecule has 2 rings (SSSR count). The van der Waals surface area contributed by atoms with Crippen LogP contribution >= 0.6 is 11.6 Å². The fourth-order valence-electron chi connectivity index (χ4n) is 1.40. The van der Waals surface area contributed by atoms with E-state index < -0.39 is 5.82 Å². The third-order valence-corrected chi connectivity index (χ3v) is 2.61. The second kappa shape index (κ2) is 4.94. The van der Waals surface area contributed by atoms with Crippen molar-refractivity contribution in [3.63, 3.8) is 0 Å². The Hall–Kier alpha value is -2.25. The van der Waals surface area contributed by atoms with Gasteiger partial charge in [-0.05, 0) is 24.3 Å². The van der Waals surface area contributed by atoms with E-state index in [2.05, 4.69) is 0 Å². The molecule has 2 aromatic rings. The monoisotopic (exact) mass is 262 g/mol. The van der Waals surface area contributed by atoms with Crippen LogP contribution in [0.2, 0.25) is 5.02 Å². The number of hydrogen-bond acceptors (Lipinski definition) is 3. The fourth-order valence-corrected chi connectivity index (χ4v) is 1.52. The summed E-state index contributed by atoms with van der Waals surface area (Å²) in [6.45, 7) is 0. The van der Waals surface area contributed by atoms with Crippen LogP contribution in [0.3, 0.4) is 0 Å². The summed E-state index contributed by atoms with van der Waals surface area (Å²) < 4.78 is 18.6. The molecule has 18 heavy (non-hydrogen) atoms. The summed E-state index contributed by atoms with van der Waals surface area (Å²) >= 11 is 5.56. The Balaban J connectivity index is 2.35. The number of nitriles is 1. The Kier molecular flexibility index (Phi) is 3.35. The minimum absolute atomic E-state index is 0.0149. The first-order valence-electron chi connectivity index (χ1n) is 5.03. The summed E-state index contributed by atoms with van der Waals surface area (Å²) in [5, 5.41) is 8.84. The van der Waals surface area contributed by atoms with Crippen molar-refractivity contribution in [1.82, 2.24) is 0 Å². The lowest BCUT2D eigenvalue weighted by atomic mass is 10.2. The van der Waals surface area contributed by atoms with Crippen LogP contribution < -0.4 is 10.5 Å². The van der Waals surface area contributed by atoms with E-state index in [1.54, 1.807) is 18.2 Å². The number of ether oxygens (including phenoxy) is 1. The van der Waals surface area contributed by atoms with Crippen molar-refractivity contribution >= 4 is 17.3 Å². The Bertz CT molecular complexity index is 637. The van der Waals surface area contributed by atoms with Crippen molar-refractivity contribution in [2.24, 2.45) is 0 Å². The second-order valence-electron chi connectivity index (χ2n) is 3.51. The number of nitrogens with zero attached hydrogens (tertiary/aromatic N) is 1. The van der Waals surface area contributed by atoms with Crippen molar-refractivity contribution < 1.29 is 9.13 Å². The first kappa shape index (κ1) is 12.2. The molecule has 0 saturated carbocycles. The van der Waals surface area contributed by atoms with Crippen molar-refractivity contribution in [1.29, 1.82) is 5.26 Å². The van der Waals surface area contributed by atoms with Gasteiger partial charge in [0.2, 0.25) is 0 Å². The number of anilines is 1. The molecular formula is C13H8ClFN2O. The third-order valence-electron chi connectivity index (χ3n) is 2.31. The zero-order valence-corrected chi connectivity index (χ0v) is 9.91. The molecule has 0 aliphatic carbocycles. The van der Waals surface area contributed by atoms with Crippen LogP contribution in [0.1, 0.15) is 5.56 Å². The SMILES string of the molecule is N#Cc1cccc(Oc2ccc(Cl)c(F)c2)c1N. The van der Waals surface area contributed by atoms with Crippen LogP contribution in [0.4, 0.5) is 10.1 Å². The van der Waals surface area contributed by atoms with Crippen molar-refractivity contribution in [3.8, 4) is 17.6 Å². The van der Waals surface area contributed by atoms with Gasteiger partial charge in [0.25, 0.3) is 0 Å².